The van der Waals surface area contributed by atoms with Crippen LogP contribution in [-0.4, -0.2) is 16.1 Å². The molecular weight excluding hydrogens is 259 g/mol. The number of carbonyl (C=O) groups excluding carboxylic acids is 1. The molecule has 0 spiro atoms. The minimum atomic E-state index is -0.686. The summed E-state index contributed by atoms with van der Waals surface area (Å²) in [6.07, 6.45) is 1.27. The Balaban J connectivity index is 2.29. The normalized spacial score (nSPS) is 9.83. The Kier molecular flexibility index (Phi) is 3.26. The monoisotopic (exact) mass is 264 g/mol. The van der Waals surface area contributed by atoms with Gasteiger partial charge in [0.1, 0.15) is 23.3 Å². The summed E-state index contributed by atoms with van der Waals surface area (Å²) in [5.41, 5.74) is 0.158. The van der Waals surface area contributed by atoms with Gasteiger partial charge in [-0.1, -0.05) is 17.7 Å². The number of aromatic nitrogens is 2. The third-order valence-corrected chi connectivity index (χ3v) is 2.58. The third kappa shape index (κ3) is 2.17. The molecule has 90 valence electrons. The Morgan fingerprint density at radius 2 is 2.33 bits per heavy atom. The fourth-order valence-corrected chi connectivity index (χ4v) is 1.54. The van der Waals surface area contributed by atoms with Gasteiger partial charge < -0.3 is 5.32 Å². The van der Waals surface area contributed by atoms with Crippen LogP contribution in [0, 0.1) is 17.1 Å². The number of H-pyrrole nitrogens is 1. The average Bonchev–Trinajstić information content (AvgIpc) is 2.79. The zero-order valence-corrected chi connectivity index (χ0v) is 9.62. The number of nitrogens with zero attached hydrogens (tertiary/aromatic N) is 2. The number of carbonyl (C=O) groups is 1. The zero-order chi connectivity index (χ0) is 13.1. The maximum atomic E-state index is 13.2. The van der Waals surface area contributed by atoms with Gasteiger partial charge in [-0.05, 0) is 12.1 Å². The van der Waals surface area contributed by atoms with Gasteiger partial charge in [-0.25, -0.2) is 4.39 Å². The van der Waals surface area contributed by atoms with Gasteiger partial charge in [0.15, 0.2) is 0 Å². The first-order chi connectivity index (χ1) is 8.63. The number of aromatic amines is 1. The number of amides is 1. The second-order valence-corrected chi connectivity index (χ2v) is 3.70. The minimum absolute atomic E-state index is 0.0184. The summed E-state index contributed by atoms with van der Waals surface area (Å²) in [5, 5.41) is 16.9. The maximum absolute atomic E-state index is 13.2. The zero-order valence-electron chi connectivity index (χ0n) is 8.87. The van der Waals surface area contributed by atoms with E-state index in [0.29, 0.717) is 0 Å². The van der Waals surface area contributed by atoms with E-state index in [1.54, 1.807) is 0 Å². The second-order valence-electron chi connectivity index (χ2n) is 3.33. The van der Waals surface area contributed by atoms with Crippen molar-refractivity contribution in [3.63, 3.8) is 0 Å². The van der Waals surface area contributed by atoms with Gasteiger partial charge >= 0.3 is 0 Å². The van der Waals surface area contributed by atoms with Crippen LogP contribution in [0.3, 0.4) is 0 Å². The molecule has 0 aliphatic carbocycles. The van der Waals surface area contributed by atoms with Crippen LogP contribution >= 0.6 is 11.6 Å². The van der Waals surface area contributed by atoms with Crippen LogP contribution in [0.5, 0.6) is 0 Å². The van der Waals surface area contributed by atoms with Gasteiger partial charge in [0.2, 0.25) is 0 Å². The third-order valence-electron chi connectivity index (χ3n) is 2.19. The van der Waals surface area contributed by atoms with E-state index in [4.69, 9.17) is 16.9 Å². The maximum Gasteiger partial charge on any atom is 0.258 e. The van der Waals surface area contributed by atoms with Gasteiger partial charge in [-0.2, -0.15) is 10.4 Å². The predicted octanol–water partition coefficient (Wildman–Crippen LogP) is 2.33. The molecule has 7 heteroatoms. The van der Waals surface area contributed by atoms with Crippen molar-refractivity contribution in [3.05, 3.63) is 46.4 Å². The van der Waals surface area contributed by atoms with Gasteiger partial charge in [-0.3, -0.25) is 9.89 Å². The smallest absolute Gasteiger partial charge is 0.258 e. The number of rotatable bonds is 2. The van der Waals surface area contributed by atoms with E-state index in [2.05, 4.69) is 15.5 Å². The minimum Gasteiger partial charge on any atom is -0.306 e. The van der Waals surface area contributed by atoms with Crippen molar-refractivity contribution in [1.29, 1.82) is 5.26 Å². The van der Waals surface area contributed by atoms with E-state index >= 15 is 0 Å². The Morgan fingerprint density at radius 3 is 3.06 bits per heavy atom. The van der Waals surface area contributed by atoms with Crippen LogP contribution < -0.4 is 5.32 Å². The highest BCUT2D eigenvalue weighted by molar-refractivity contribution is 6.34. The Morgan fingerprint density at radius 1 is 1.56 bits per heavy atom. The first-order valence-corrected chi connectivity index (χ1v) is 5.20. The van der Waals surface area contributed by atoms with Crippen LogP contribution in [0.1, 0.15) is 15.9 Å². The molecule has 2 N–H and O–H groups in total. The molecule has 2 rings (SSSR count). The van der Waals surface area contributed by atoms with E-state index in [1.807, 2.05) is 6.07 Å². The number of anilines is 1. The largest absolute Gasteiger partial charge is 0.306 e. The van der Waals surface area contributed by atoms with Crippen molar-refractivity contribution >= 4 is 23.3 Å². The Labute approximate surface area is 106 Å². The number of hydrogen-bond donors (Lipinski definition) is 2. The average molecular weight is 265 g/mol. The standard InChI is InChI=1S/C11H6ClFN4O/c12-9-7(2-1-3-8(9)13)11(18)16-10-6(4-14)5-15-17-10/h1-3,5H,(H2,15,16,17,18). The first-order valence-electron chi connectivity index (χ1n) is 4.82. The van der Waals surface area contributed by atoms with E-state index < -0.39 is 11.7 Å². The highest BCUT2D eigenvalue weighted by Gasteiger charge is 2.15. The van der Waals surface area contributed by atoms with Gasteiger partial charge in [-0.15, -0.1) is 0 Å². The fourth-order valence-electron chi connectivity index (χ4n) is 1.33. The summed E-state index contributed by atoms with van der Waals surface area (Å²) in [4.78, 5) is 11.8. The molecule has 0 aliphatic heterocycles. The highest BCUT2D eigenvalue weighted by atomic mass is 35.5. The van der Waals surface area contributed by atoms with E-state index in [-0.39, 0.29) is 22.0 Å². The van der Waals surface area contributed by atoms with Crippen LogP contribution in [0.15, 0.2) is 24.4 Å². The Bertz CT molecular complexity index is 647. The number of nitriles is 1. The van der Waals surface area contributed by atoms with Crippen LogP contribution in [0.4, 0.5) is 10.2 Å². The van der Waals surface area contributed by atoms with Crippen molar-refractivity contribution in [2.45, 2.75) is 0 Å². The summed E-state index contributed by atoms with van der Waals surface area (Å²) in [6.45, 7) is 0. The number of nitrogens with one attached hydrogen (secondary N) is 2. The van der Waals surface area contributed by atoms with Crippen molar-refractivity contribution in [3.8, 4) is 6.07 Å². The lowest BCUT2D eigenvalue weighted by atomic mass is 10.2. The molecule has 0 radical (unpaired) electrons. The van der Waals surface area contributed by atoms with E-state index in [0.717, 1.165) is 6.07 Å². The quantitative estimate of drug-likeness (QED) is 0.873. The van der Waals surface area contributed by atoms with Crippen molar-refractivity contribution < 1.29 is 9.18 Å². The molecule has 1 heterocycles. The first kappa shape index (κ1) is 12.1. The molecule has 18 heavy (non-hydrogen) atoms. The molecule has 1 aromatic carbocycles. The SMILES string of the molecule is N#Cc1cn[nH]c1NC(=O)c1cccc(F)c1Cl. The molecular formula is C11H6ClFN4O. The van der Waals surface area contributed by atoms with Crippen molar-refractivity contribution in [1.82, 2.24) is 10.2 Å². The molecule has 0 atom stereocenters. The van der Waals surface area contributed by atoms with Crippen molar-refractivity contribution in [2.75, 3.05) is 5.32 Å². The highest BCUT2D eigenvalue weighted by Crippen LogP contribution is 2.21. The number of halogens is 2. The number of hydrogen-bond acceptors (Lipinski definition) is 3. The van der Waals surface area contributed by atoms with Crippen LogP contribution in [0.25, 0.3) is 0 Å². The molecule has 0 fully saturated rings. The number of benzene rings is 1. The topological polar surface area (TPSA) is 81.6 Å². The van der Waals surface area contributed by atoms with Crippen LogP contribution in [-0.2, 0) is 0 Å². The molecule has 0 saturated carbocycles. The molecule has 1 aromatic heterocycles. The molecule has 2 aromatic rings. The van der Waals surface area contributed by atoms with Crippen LogP contribution in [0.2, 0.25) is 5.02 Å². The lowest BCUT2D eigenvalue weighted by Gasteiger charge is -2.05. The molecule has 0 bridgehead atoms. The Hall–Kier alpha value is -2.39. The predicted molar refractivity (Wildman–Crippen MR) is 62.7 cm³/mol. The lowest BCUT2D eigenvalue weighted by Crippen LogP contribution is -2.14. The van der Waals surface area contributed by atoms with Gasteiger partial charge in [0, 0.05) is 0 Å². The molecule has 1 amide bonds. The summed E-state index contributed by atoms with van der Waals surface area (Å²) in [6, 6.07) is 5.74. The summed E-state index contributed by atoms with van der Waals surface area (Å²) in [5.74, 6) is -1.17. The molecule has 0 unspecified atom stereocenters. The lowest BCUT2D eigenvalue weighted by molar-refractivity contribution is 0.102. The summed E-state index contributed by atoms with van der Waals surface area (Å²) >= 11 is 5.68. The molecule has 5 nitrogen and oxygen atoms in total. The summed E-state index contributed by atoms with van der Waals surface area (Å²) in [7, 11) is 0. The fraction of sp³-hybridized carbons (Fsp3) is 0. The summed E-state index contributed by atoms with van der Waals surface area (Å²) < 4.78 is 13.2. The van der Waals surface area contributed by atoms with Gasteiger partial charge in [0.25, 0.3) is 5.91 Å². The second kappa shape index (κ2) is 4.85. The van der Waals surface area contributed by atoms with E-state index in [1.165, 1.54) is 18.3 Å². The van der Waals surface area contributed by atoms with Gasteiger partial charge in [0.05, 0.1) is 16.8 Å². The van der Waals surface area contributed by atoms with E-state index in [9.17, 15) is 9.18 Å². The molecule has 0 saturated heterocycles. The van der Waals surface area contributed by atoms with Crippen molar-refractivity contribution in [2.24, 2.45) is 0 Å². The molecule has 0 aliphatic rings.